The van der Waals surface area contributed by atoms with E-state index < -0.39 is 0 Å². The van der Waals surface area contributed by atoms with E-state index in [1.54, 1.807) is 4.57 Å². The van der Waals surface area contributed by atoms with Crippen LogP contribution in [0.3, 0.4) is 0 Å². The van der Waals surface area contributed by atoms with Gasteiger partial charge in [-0.3, -0.25) is 14.3 Å². The molecule has 0 aliphatic heterocycles. The molecule has 0 spiro atoms. The average molecular weight is 232 g/mol. The quantitative estimate of drug-likeness (QED) is 0.877. The second-order valence-corrected chi connectivity index (χ2v) is 4.23. The third kappa shape index (κ3) is 2.02. The van der Waals surface area contributed by atoms with Crippen LogP contribution in [0.15, 0.2) is 27.8 Å². The van der Waals surface area contributed by atoms with E-state index in [1.165, 1.54) is 0 Å². The first-order valence-electron chi connectivity index (χ1n) is 5.87. The number of aromatic nitrogens is 2. The highest BCUT2D eigenvalue weighted by molar-refractivity contribution is 5.81. The van der Waals surface area contributed by atoms with Gasteiger partial charge in [0.05, 0.1) is 10.9 Å². The number of fused-ring (bicyclic) bond motifs is 1. The predicted octanol–water partition coefficient (Wildman–Crippen LogP) is 1.80. The molecule has 0 saturated heterocycles. The molecule has 0 amide bonds. The van der Waals surface area contributed by atoms with Crippen molar-refractivity contribution in [2.45, 2.75) is 33.2 Å². The molecule has 0 bridgehead atoms. The summed E-state index contributed by atoms with van der Waals surface area (Å²) >= 11 is 0. The summed E-state index contributed by atoms with van der Waals surface area (Å²) in [6.07, 6.45) is 1.94. The molecule has 90 valence electrons. The monoisotopic (exact) mass is 232 g/mol. The van der Waals surface area contributed by atoms with E-state index in [0.717, 1.165) is 23.9 Å². The minimum atomic E-state index is -0.318. The van der Waals surface area contributed by atoms with Gasteiger partial charge in [0, 0.05) is 6.54 Å². The second kappa shape index (κ2) is 4.57. The maximum Gasteiger partial charge on any atom is 0.328 e. The molecule has 1 N–H and O–H groups in total. The Labute approximate surface area is 98.9 Å². The van der Waals surface area contributed by atoms with Crippen molar-refractivity contribution in [1.29, 1.82) is 0 Å². The van der Waals surface area contributed by atoms with Gasteiger partial charge in [-0.1, -0.05) is 25.5 Å². The Morgan fingerprint density at radius 2 is 2.06 bits per heavy atom. The molecule has 4 nitrogen and oxygen atoms in total. The molecule has 17 heavy (non-hydrogen) atoms. The molecule has 0 aliphatic rings. The zero-order valence-corrected chi connectivity index (χ0v) is 10.1. The molecule has 0 unspecified atom stereocenters. The molecule has 2 aromatic rings. The molecule has 4 heteroatoms. The smallest absolute Gasteiger partial charge is 0.293 e. The molecule has 1 aromatic heterocycles. The van der Waals surface area contributed by atoms with E-state index in [2.05, 4.69) is 11.9 Å². The first kappa shape index (κ1) is 11.6. The minimum absolute atomic E-state index is 0.296. The summed E-state index contributed by atoms with van der Waals surface area (Å²) in [5.74, 6) is 0. The second-order valence-electron chi connectivity index (χ2n) is 4.23. The lowest BCUT2D eigenvalue weighted by molar-refractivity contribution is 0.617. The molecular formula is C13H16N2O2. The van der Waals surface area contributed by atoms with Crippen LogP contribution in [0.1, 0.15) is 25.3 Å². The normalized spacial score (nSPS) is 10.9. The number of hydrogen-bond acceptors (Lipinski definition) is 2. The Morgan fingerprint density at radius 3 is 2.76 bits per heavy atom. The van der Waals surface area contributed by atoms with Crippen LogP contribution >= 0.6 is 0 Å². The highest BCUT2D eigenvalue weighted by Gasteiger charge is 2.08. The van der Waals surface area contributed by atoms with Gasteiger partial charge in [0.15, 0.2) is 0 Å². The van der Waals surface area contributed by atoms with Gasteiger partial charge in [-0.2, -0.15) is 0 Å². The number of nitrogens with zero attached hydrogens (tertiary/aromatic N) is 1. The van der Waals surface area contributed by atoms with Crippen LogP contribution in [0.5, 0.6) is 0 Å². The van der Waals surface area contributed by atoms with Crippen LogP contribution in [0, 0.1) is 6.92 Å². The summed E-state index contributed by atoms with van der Waals surface area (Å²) in [5.41, 5.74) is 1.01. The van der Waals surface area contributed by atoms with Crippen molar-refractivity contribution < 1.29 is 0 Å². The zero-order chi connectivity index (χ0) is 12.4. The minimum Gasteiger partial charge on any atom is -0.293 e. The van der Waals surface area contributed by atoms with Gasteiger partial charge in [-0.25, -0.2) is 4.79 Å². The van der Waals surface area contributed by atoms with Crippen LogP contribution in [-0.2, 0) is 6.54 Å². The van der Waals surface area contributed by atoms with Crippen molar-refractivity contribution in [2.24, 2.45) is 0 Å². The molecule has 0 fully saturated rings. The fourth-order valence-corrected chi connectivity index (χ4v) is 2.05. The third-order valence-electron chi connectivity index (χ3n) is 2.97. The fraction of sp³-hybridized carbons (Fsp3) is 0.385. The highest BCUT2D eigenvalue weighted by Crippen LogP contribution is 2.12. The van der Waals surface area contributed by atoms with Crippen LogP contribution in [0.4, 0.5) is 0 Å². The first-order valence-corrected chi connectivity index (χ1v) is 5.87. The van der Waals surface area contributed by atoms with Crippen molar-refractivity contribution in [1.82, 2.24) is 9.55 Å². The molecule has 1 heterocycles. The van der Waals surface area contributed by atoms with Crippen LogP contribution < -0.4 is 11.2 Å². The summed E-state index contributed by atoms with van der Waals surface area (Å²) in [4.78, 5) is 25.9. The lowest BCUT2D eigenvalue weighted by Gasteiger charge is -2.09. The highest BCUT2D eigenvalue weighted by atomic mass is 16.2. The predicted molar refractivity (Wildman–Crippen MR) is 68.5 cm³/mol. The average Bonchev–Trinajstić information content (AvgIpc) is 2.28. The van der Waals surface area contributed by atoms with Crippen molar-refractivity contribution in [3.63, 3.8) is 0 Å². The van der Waals surface area contributed by atoms with Gasteiger partial charge >= 0.3 is 5.69 Å². The Morgan fingerprint density at radius 1 is 1.29 bits per heavy atom. The van der Waals surface area contributed by atoms with Gasteiger partial charge in [0.1, 0.15) is 0 Å². The molecule has 1 aromatic carbocycles. The van der Waals surface area contributed by atoms with Gasteiger partial charge in [0.25, 0.3) is 5.56 Å². The number of rotatable bonds is 3. The van der Waals surface area contributed by atoms with Crippen molar-refractivity contribution in [3.05, 3.63) is 44.6 Å². The summed E-state index contributed by atoms with van der Waals surface area (Å²) < 4.78 is 1.65. The Bertz CT molecular complexity index is 652. The van der Waals surface area contributed by atoms with E-state index >= 15 is 0 Å². The summed E-state index contributed by atoms with van der Waals surface area (Å²) in [6, 6.07) is 5.58. The fourth-order valence-electron chi connectivity index (χ4n) is 2.05. The standard InChI is InChI=1S/C13H16N2O2/c1-3-4-8-15-10-7-5-6-9(2)11(10)12(16)14-13(15)17/h5-7H,3-4,8H2,1-2H3,(H,14,16,17). The first-order chi connectivity index (χ1) is 8.15. The number of nitrogens with one attached hydrogen (secondary N) is 1. The molecule has 0 saturated carbocycles. The van der Waals surface area contributed by atoms with E-state index in [-0.39, 0.29) is 11.2 Å². The zero-order valence-electron chi connectivity index (χ0n) is 10.1. The van der Waals surface area contributed by atoms with Crippen molar-refractivity contribution >= 4 is 10.9 Å². The number of aryl methyl sites for hydroxylation is 2. The number of H-pyrrole nitrogens is 1. The van der Waals surface area contributed by atoms with E-state index in [9.17, 15) is 9.59 Å². The van der Waals surface area contributed by atoms with Crippen LogP contribution in [0.2, 0.25) is 0 Å². The Hall–Kier alpha value is -1.84. The Balaban J connectivity index is 2.79. The topological polar surface area (TPSA) is 54.9 Å². The number of unbranched alkanes of at least 4 members (excludes halogenated alkanes) is 1. The van der Waals surface area contributed by atoms with E-state index in [4.69, 9.17) is 0 Å². The number of hydrogen-bond donors (Lipinski definition) is 1. The maximum atomic E-state index is 11.8. The van der Waals surface area contributed by atoms with Crippen molar-refractivity contribution in [3.8, 4) is 0 Å². The molecule has 0 radical (unpaired) electrons. The Kier molecular flexibility index (Phi) is 3.13. The van der Waals surface area contributed by atoms with Crippen LogP contribution in [0.25, 0.3) is 10.9 Å². The molecule has 2 rings (SSSR count). The van der Waals surface area contributed by atoms with E-state index in [1.807, 2.05) is 25.1 Å². The summed E-state index contributed by atoms with van der Waals surface area (Å²) in [5, 5.41) is 0.614. The van der Waals surface area contributed by atoms with Gasteiger partial charge in [-0.15, -0.1) is 0 Å². The third-order valence-corrected chi connectivity index (χ3v) is 2.97. The number of aromatic amines is 1. The lowest BCUT2D eigenvalue weighted by atomic mass is 10.1. The largest absolute Gasteiger partial charge is 0.328 e. The van der Waals surface area contributed by atoms with Crippen LogP contribution in [-0.4, -0.2) is 9.55 Å². The molecule has 0 atom stereocenters. The van der Waals surface area contributed by atoms with Crippen molar-refractivity contribution in [2.75, 3.05) is 0 Å². The maximum absolute atomic E-state index is 11.8. The number of benzene rings is 1. The summed E-state index contributed by atoms with van der Waals surface area (Å²) in [6.45, 7) is 4.60. The SMILES string of the molecule is CCCCn1c(=O)[nH]c(=O)c2c(C)cccc21. The van der Waals surface area contributed by atoms with E-state index in [0.29, 0.717) is 11.9 Å². The van der Waals surface area contributed by atoms with Gasteiger partial charge in [0.2, 0.25) is 0 Å². The molecule has 0 aliphatic carbocycles. The van der Waals surface area contributed by atoms with Gasteiger partial charge < -0.3 is 0 Å². The summed E-state index contributed by atoms with van der Waals surface area (Å²) in [7, 11) is 0. The molecular weight excluding hydrogens is 216 g/mol. The lowest BCUT2D eigenvalue weighted by Crippen LogP contribution is -2.30. The van der Waals surface area contributed by atoms with Gasteiger partial charge in [-0.05, 0) is 25.0 Å².